The van der Waals surface area contributed by atoms with E-state index in [1.54, 1.807) is 7.11 Å². The average Bonchev–Trinajstić information content (AvgIpc) is 2.75. The Morgan fingerprint density at radius 1 is 0.643 bits per heavy atom. The first-order valence-corrected chi connectivity index (χ1v) is 10.6. The van der Waals surface area contributed by atoms with Gasteiger partial charge in [0.25, 0.3) is 0 Å². The van der Waals surface area contributed by atoms with Gasteiger partial charge in [-0.3, -0.25) is 0 Å². The lowest BCUT2D eigenvalue weighted by molar-refractivity contribution is 0.0230. The third kappa shape index (κ3) is 8.55. The standard InChI is InChI=1S/C25H36O3/c1-3-10-24(22-11-6-4-7-12-22)21-25(23-13-8-5-9-14-23)15-16-27-19-20-28-18-17-26-2/h4-9,11-14,24-25H,3,10,15-21H2,1-2H3. The second-order valence-corrected chi connectivity index (χ2v) is 7.25. The molecule has 0 amide bonds. The fraction of sp³-hybridized carbons (Fsp3) is 0.520. The molecule has 28 heavy (non-hydrogen) atoms. The van der Waals surface area contributed by atoms with Gasteiger partial charge >= 0.3 is 0 Å². The number of benzene rings is 2. The van der Waals surface area contributed by atoms with Crippen molar-refractivity contribution in [3.63, 3.8) is 0 Å². The fourth-order valence-electron chi connectivity index (χ4n) is 3.67. The van der Waals surface area contributed by atoms with E-state index in [2.05, 4.69) is 67.6 Å². The highest BCUT2D eigenvalue weighted by molar-refractivity contribution is 5.23. The lowest BCUT2D eigenvalue weighted by atomic mass is 9.81. The van der Waals surface area contributed by atoms with Crippen LogP contribution in [0.25, 0.3) is 0 Å². The van der Waals surface area contributed by atoms with Crippen LogP contribution in [0.1, 0.15) is 55.6 Å². The maximum atomic E-state index is 5.85. The number of methoxy groups -OCH3 is 1. The van der Waals surface area contributed by atoms with Crippen molar-refractivity contribution in [1.29, 1.82) is 0 Å². The van der Waals surface area contributed by atoms with Crippen molar-refractivity contribution >= 4 is 0 Å². The van der Waals surface area contributed by atoms with E-state index in [9.17, 15) is 0 Å². The molecular weight excluding hydrogens is 348 g/mol. The third-order valence-electron chi connectivity index (χ3n) is 5.16. The van der Waals surface area contributed by atoms with Gasteiger partial charge in [-0.05, 0) is 42.2 Å². The Labute approximate surface area is 171 Å². The van der Waals surface area contributed by atoms with E-state index in [0.717, 1.165) is 19.4 Å². The van der Waals surface area contributed by atoms with Gasteiger partial charge in [-0.15, -0.1) is 0 Å². The first-order valence-electron chi connectivity index (χ1n) is 10.6. The van der Waals surface area contributed by atoms with E-state index < -0.39 is 0 Å². The summed E-state index contributed by atoms with van der Waals surface area (Å²) in [6, 6.07) is 21.9. The molecule has 0 fully saturated rings. The maximum Gasteiger partial charge on any atom is 0.0701 e. The Morgan fingerprint density at radius 2 is 1.14 bits per heavy atom. The smallest absolute Gasteiger partial charge is 0.0701 e. The normalized spacial score (nSPS) is 13.4. The Bertz CT molecular complexity index is 600. The topological polar surface area (TPSA) is 27.7 Å². The molecule has 0 saturated carbocycles. The summed E-state index contributed by atoms with van der Waals surface area (Å²) in [5.41, 5.74) is 2.87. The lowest BCUT2D eigenvalue weighted by Gasteiger charge is -2.24. The van der Waals surface area contributed by atoms with Crippen molar-refractivity contribution in [3.8, 4) is 0 Å². The summed E-state index contributed by atoms with van der Waals surface area (Å²) in [4.78, 5) is 0. The molecule has 154 valence electrons. The molecule has 0 spiro atoms. The SMILES string of the molecule is CCCC(CC(CCOCCOCCOC)c1ccccc1)c1ccccc1. The molecule has 0 bridgehead atoms. The van der Waals surface area contributed by atoms with E-state index in [1.807, 2.05) is 0 Å². The summed E-state index contributed by atoms with van der Waals surface area (Å²) in [6.45, 7) is 5.57. The van der Waals surface area contributed by atoms with E-state index in [0.29, 0.717) is 38.3 Å². The molecule has 2 aromatic carbocycles. The first kappa shape index (κ1) is 22.6. The Hall–Kier alpha value is -1.68. The molecule has 0 aliphatic carbocycles. The molecule has 2 atom stereocenters. The Balaban J connectivity index is 1.90. The van der Waals surface area contributed by atoms with Crippen LogP contribution in [0.4, 0.5) is 0 Å². The zero-order chi connectivity index (χ0) is 19.9. The summed E-state index contributed by atoms with van der Waals surface area (Å²) in [5, 5.41) is 0. The van der Waals surface area contributed by atoms with Crippen molar-refractivity contribution in [3.05, 3.63) is 71.8 Å². The minimum Gasteiger partial charge on any atom is -0.382 e. The van der Waals surface area contributed by atoms with Crippen LogP contribution < -0.4 is 0 Å². The fourth-order valence-corrected chi connectivity index (χ4v) is 3.67. The minimum atomic E-state index is 0.507. The summed E-state index contributed by atoms with van der Waals surface area (Å²) in [6.07, 6.45) is 4.63. The number of ether oxygens (including phenoxy) is 3. The van der Waals surface area contributed by atoms with Gasteiger partial charge in [-0.2, -0.15) is 0 Å². The minimum absolute atomic E-state index is 0.507. The van der Waals surface area contributed by atoms with E-state index in [-0.39, 0.29) is 0 Å². The molecule has 0 aliphatic rings. The van der Waals surface area contributed by atoms with Crippen LogP contribution in [0.15, 0.2) is 60.7 Å². The Morgan fingerprint density at radius 3 is 1.68 bits per heavy atom. The van der Waals surface area contributed by atoms with Crippen LogP contribution in [-0.2, 0) is 14.2 Å². The van der Waals surface area contributed by atoms with Crippen molar-refractivity contribution < 1.29 is 14.2 Å². The number of rotatable bonds is 15. The van der Waals surface area contributed by atoms with E-state index in [1.165, 1.54) is 24.0 Å². The van der Waals surface area contributed by atoms with Crippen LogP contribution >= 0.6 is 0 Å². The van der Waals surface area contributed by atoms with Crippen molar-refractivity contribution in [2.24, 2.45) is 0 Å². The van der Waals surface area contributed by atoms with Gasteiger partial charge in [-0.1, -0.05) is 74.0 Å². The third-order valence-corrected chi connectivity index (χ3v) is 5.16. The first-order chi connectivity index (χ1) is 13.8. The summed E-state index contributed by atoms with van der Waals surface area (Å²) >= 11 is 0. The average molecular weight is 385 g/mol. The summed E-state index contributed by atoms with van der Waals surface area (Å²) in [5.74, 6) is 1.10. The molecule has 0 saturated heterocycles. The van der Waals surface area contributed by atoms with Crippen LogP contribution in [0.3, 0.4) is 0 Å². The second-order valence-electron chi connectivity index (χ2n) is 7.25. The van der Waals surface area contributed by atoms with Crippen LogP contribution in [0, 0.1) is 0 Å². The molecule has 2 unspecified atom stereocenters. The largest absolute Gasteiger partial charge is 0.382 e. The second kappa shape index (κ2) is 14.3. The number of hydrogen-bond donors (Lipinski definition) is 0. The van der Waals surface area contributed by atoms with E-state index in [4.69, 9.17) is 14.2 Å². The molecule has 0 heterocycles. The molecule has 2 aromatic rings. The van der Waals surface area contributed by atoms with Gasteiger partial charge in [-0.25, -0.2) is 0 Å². The highest BCUT2D eigenvalue weighted by Gasteiger charge is 2.19. The molecule has 0 N–H and O–H groups in total. The summed E-state index contributed by atoms with van der Waals surface area (Å²) < 4.78 is 16.3. The highest BCUT2D eigenvalue weighted by atomic mass is 16.5. The molecule has 0 aromatic heterocycles. The van der Waals surface area contributed by atoms with Gasteiger partial charge < -0.3 is 14.2 Å². The summed E-state index contributed by atoms with van der Waals surface area (Å²) in [7, 11) is 1.69. The quantitative estimate of drug-likeness (QED) is 0.362. The Kier molecular flexibility index (Phi) is 11.6. The number of hydrogen-bond acceptors (Lipinski definition) is 3. The van der Waals surface area contributed by atoms with E-state index >= 15 is 0 Å². The molecule has 3 nitrogen and oxygen atoms in total. The molecule has 2 rings (SSSR count). The zero-order valence-corrected chi connectivity index (χ0v) is 17.5. The van der Waals surface area contributed by atoms with Crippen LogP contribution in [-0.4, -0.2) is 40.1 Å². The predicted molar refractivity (Wildman–Crippen MR) is 116 cm³/mol. The van der Waals surface area contributed by atoms with Crippen molar-refractivity contribution in [2.75, 3.05) is 40.1 Å². The lowest BCUT2D eigenvalue weighted by Crippen LogP contribution is -2.12. The van der Waals surface area contributed by atoms with Gasteiger partial charge in [0.05, 0.1) is 26.4 Å². The van der Waals surface area contributed by atoms with Gasteiger partial charge in [0.2, 0.25) is 0 Å². The highest BCUT2D eigenvalue weighted by Crippen LogP contribution is 2.35. The molecule has 0 aliphatic heterocycles. The zero-order valence-electron chi connectivity index (χ0n) is 17.5. The van der Waals surface area contributed by atoms with Gasteiger partial charge in [0.1, 0.15) is 0 Å². The van der Waals surface area contributed by atoms with Gasteiger partial charge in [0, 0.05) is 13.7 Å². The van der Waals surface area contributed by atoms with Crippen molar-refractivity contribution in [2.45, 2.75) is 44.4 Å². The van der Waals surface area contributed by atoms with Crippen LogP contribution in [0.2, 0.25) is 0 Å². The van der Waals surface area contributed by atoms with Crippen LogP contribution in [0.5, 0.6) is 0 Å². The molecule has 0 radical (unpaired) electrons. The molecule has 3 heteroatoms. The molecular formula is C25H36O3. The maximum absolute atomic E-state index is 5.85. The monoisotopic (exact) mass is 384 g/mol. The predicted octanol–water partition coefficient (Wildman–Crippen LogP) is 5.81. The van der Waals surface area contributed by atoms with Crippen molar-refractivity contribution in [1.82, 2.24) is 0 Å². The van der Waals surface area contributed by atoms with Gasteiger partial charge in [0.15, 0.2) is 0 Å².